The molecular formula is C11H17N5O2. The molecule has 0 radical (unpaired) electrons. The van der Waals surface area contributed by atoms with Crippen LogP contribution in [0.15, 0.2) is 23.5 Å². The first-order valence-electron chi connectivity index (χ1n) is 5.58. The van der Waals surface area contributed by atoms with Crippen LogP contribution in [0.2, 0.25) is 0 Å². The number of aromatic nitrogens is 2. The summed E-state index contributed by atoms with van der Waals surface area (Å²) >= 11 is 0. The first-order valence-corrected chi connectivity index (χ1v) is 5.58. The van der Waals surface area contributed by atoms with Crippen molar-refractivity contribution in [2.75, 3.05) is 0 Å². The largest absolute Gasteiger partial charge is 0.409 e. The van der Waals surface area contributed by atoms with E-state index in [0.717, 1.165) is 0 Å². The number of hydrogen-bond donors (Lipinski definition) is 3. The zero-order valence-electron chi connectivity index (χ0n) is 10.4. The van der Waals surface area contributed by atoms with Crippen LogP contribution in [0, 0.1) is 11.8 Å². The van der Waals surface area contributed by atoms with Crippen molar-refractivity contribution in [3.05, 3.63) is 24.0 Å². The van der Waals surface area contributed by atoms with Crippen LogP contribution in [0.4, 0.5) is 0 Å². The number of carbonyl (C=O) groups is 1. The highest BCUT2D eigenvalue weighted by Crippen LogP contribution is 2.11. The molecule has 7 nitrogen and oxygen atoms in total. The van der Waals surface area contributed by atoms with E-state index in [9.17, 15) is 4.79 Å². The molecule has 0 saturated heterocycles. The summed E-state index contributed by atoms with van der Waals surface area (Å²) in [5, 5.41) is 21.8. The predicted octanol–water partition coefficient (Wildman–Crippen LogP) is 0.111. The average molecular weight is 251 g/mol. The molecule has 0 aromatic carbocycles. The zero-order chi connectivity index (χ0) is 13.5. The van der Waals surface area contributed by atoms with Crippen LogP contribution < -0.4 is 11.1 Å². The molecule has 1 aromatic heterocycles. The van der Waals surface area contributed by atoms with Crippen LogP contribution in [0.5, 0.6) is 0 Å². The lowest BCUT2D eigenvalue weighted by molar-refractivity contribution is -0.124. The van der Waals surface area contributed by atoms with Crippen molar-refractivity contribution in [3.8, 4) is 0 Å². The van der Waals surface area contributed by atoms with E-state index in [0.29, 0.717) is 5.69 Å². The van der Waals surface area contributed by atoms with E-state index in [2.05, 4.69) is 20.7 Å². The maximum Gasteiger partial charge on any atom is 0.231 e. The second-order valence-electron chi connectivity index (χ2n) is 4.18. The normalized spacial score (nSPS) is 13.4. The molecule has 0 bridgehead atoms. The van der Waals surface area contributed by atoms with Gasteiger partial charge in [0.15, 0.2) is 5.84 Å². The van der Waals surface area contributed by atoms with E-state index in [-0.39, 0.29) is 24.2 Å². The number of nitrogens with two attached hydrogens (primary N) is 1. The highest BCUT2D eigenvalue weighted by molar-refractivity contribution is 6.02. The maximum absolute atomic E-state index is 11.9. The van der Waals surface area contributed by atoms with E-state index in [1.165, 1.54) is 0 Å². The molecule has 1 rings (SSSR count). The molecule has 1 unspecified atom stereocenters. The van der Waals surface area contributed by atoms with E-state index in [4.69, 9.17) is 10.9 Å². The number of amides is 1. The quantitative estimate of drug-likeness (QED) is 0.297. The second kappa shape index (κ2) is 6.53. The minimum Gasteiger partial charge on any atom is -0.409 e. The van der Waals surface area contributed by atoms with Gasteiger partial charge in [-0.15, -0.1) is 0 Å². The standard InChI is InChI=1S/C11H17N5O2/c1-7(2)9(10(12)16-18)11(17)13-6-8-4-3-5-14-15-8/h3-5,7,9,18H,6H2,1-2H3,(H2,12,16)(H,13,17). The molecule has 0 fully saturated rings. The van der Waals surface area contributed by atoms with Crippen molar-refractivity contribution in [2.24, 2.45) is 22.7 Å². The summed E-state index contributed by atoms with van der Waals surface area (Å²) in [6.45, 7) is 3.91. The van der Waals surface area contributed by atoms with Gasteiger partial charge in [-0.25, -0.2) is 0 Å². The average Bonchev–Trinajstić information content (AvgIpc) is 2.37. The number of nitrogens with zero attached hydrogens (tertiary/aromatic N) is 3. The monoisotopic (exact) mass is 251 g/mol. The van der Waals surface area contributed by atoms with Crippen LogP contribution in [-0.4, -0.2) is 27.1 Å². The van der Waals surface area contributed by atoms with Crippen LogP contribution in [0.25, 0.3) is 0 Å². The fraction of sp³-hybridized carbons (Fsp3) is 0.455. The molecule has 1 atom stereocenters. The van der Waals surface area contributed by atoms with Crippen molar-refractivity contribution < 1.29 is 10.0 Å². The van der Waals surface area contributed by atoms with Crippen molar-refractivity contribution >= 4 is 11.7 Å². The zero-order valence-corrected chi connectivity index (χ0v) is 10.4. The fourth-order valence-corrected chi connectivity index (χ4v) is 1.56. The summed E-state index contributed by atoms with van der Waals surface area (Å²) < 4.78 is 0. The lowest BCUT2D eigenvalue weighted by atomic mass is 9.94. The van der Waals surface area contributed by atoms with Crippen LogP contribution in [-0.2, 0) is 11.3 Å². The molecular weight excluding hydrogens is 234 g/mol. The Morgan fingerprint density at radius 3 is 2.83 bits per heavy atom. The van der Waals surface area contributed by atoms with Gasteiger partial charge in [0.1, 0.15) is 5.92 Å². The van der Waals surface area contributed by atoms with Gasteiger partial charge < -0.3 is 16.3 Å². The third-order valence-electron chi connectivity index (χ3n) is 2.45. The van der Waals surface area contributed by atoms with Crippen LogP contribution >= 0.6 is 0 Å². The molecule has 7 heteroatoms. The van der Waals surface area contributed by atoms with Gasteiger partial charge in [-0.1, -0.05) is 19.0 Å². The molecule has 0 aliphatic heterocycles. The Kier molecular flexibility index (Phi) is 5.04. The summed E-state index contributed by atoms with van der Waals surface area (Å²) in [7, 11) is 0. The number of hydrogen-bond acceptors (Lipinski definition) is 5. The fourth-order valence-electron chi connectivity index (χ4n) is 1.56. The number of nitrogens with one attached hydrogen (secondary N) is 1. The summed E-state index contributed by atoms with van der Waals surface area (Å²) in [5.41, 5.74) is 6.15. The molecule has 0 spiro atoms. The third kappa shape index (κ3) is 3.69. The number of amidine groups is 1. The van der Waals surface area contributed by atoms with Crippen molar-refractivity contribution in [3.63, 3.8) is 0 Å². The van der Waals surface area contributed by atoms with Gasteiger partial charge in [-0.3, -0.25) is 4.79 Å². The topological polar surface area (TPSA) is 113 Å². The Morgan fingerprint density at radius 2 is 2.33 bits per heavy atom. The highest BCUT2D eigenvalue weighted by Gasteiger charge is 2.26. The van der Waals surface area contributed by atoms with Gasteiger partial charge >= 0.3 is 0 Å². The Hall–Kier alpha value is -2.18. The molecule has 4 N–H and O–H groups in total. The number of rotatable bonds is 5. The smallest absolute Gasteiger partial charge is 0.231 e. The van der Waals surface area contributed by atoms with E-state index < -0.39 is 5.92 Å². The molecule has 1 amide bonds. The Bertz CT molecular complexity index is 419. The SMILES string of the molecule is CC(C)C(C(=O)NCc1cccnn1)/C(N)=N/O. The summed E-state index contributed by atoms with van der Waals surface area (Å²) in [6.07, 6.45) is 1.55. The number of oxime groups is 1. The van der Waals surface area contributed by atoms with Gasteiger partial charge in [-0.05, 0) is 18.1 Å². The molecule has 1 aromatic rings. The van der Waals surface area contributed by atoms with Crippen LogP contribution in [0.1, 0.15) is 19.5 Å². The molecule has 18 heavy (non-hydrogen) atoms. The Balaban J connectivity index is 2.63. The van der Waals surface area contributed by atoms with Gasteiger partial charge in [-0.2, -0.15) is 10.2 Å². The van der Waals surface area contributed by atoms with Crippen LogP contribution in [0.3, 0.4) is 0 Å². The minimum atomic E-state index is -0.660. The van der Waals surface area contributed by atoms with Gasteiger partial charge in [0.2, 0.25) is 5.91 Å². The van der Waals surface area contributed by atoms with Crippen molar-refractivity contribution in [2.45, 2.75) is 20.4 Å². The maximum atomic E-state index is 11.9. The third-order valence-corrected chi connectivity index (χ3v) is 2.45. The van der Waals surface area contributed by atoms with E-state index in [1.54, 1.807) is 18.3 Å². The first kappa shape index (κ1) is 13.9. The van der Waals surface area contributed by atoms with Crippen molar-refractivity contribution in [1.82, 2.24) is 15.5 Å². The minimum absolute atomic E-state index is 0.0669. The predicted molar refractivity (Wildman–Crippen MR) is 65.6 cm³/mol. The molecule has 98 valence electrons. The number of carbonyl (C=O) groups excluding carboxylic acids is 1. The molecule has 0 aliphatic rings. The van der Waals surface area contributed by atoms with Crippen molar-refractivity contribution in [1.29, 1.82) is 0 Å². The van der Waals surface area contributed by atoms with E-state index in [1.807, 2.05) is 13.8 Å². The lowest BCUT2D eigenvalue weighted by Crippen LogP contribution is -2.41. The highest BCUT2D eigenvalue weighted by atomic mass is 16.4. The first-order chi connectivity index (χ1) is 8.56. The van der Waals surface area contributed by atoms with Gasteiger partial charge in [0.05, 0.1) is 12.2 Å². The van der Waals surface area contributed by atoms with E-state index >= 15 is 0 Å². The second-order valence-corrected chi connectivity index (χ2v) is 4.18. The summed E-state index contributed by atoms with van der Waals surface area (Å²) in [4.78, 5) is 11.9. The Labute approximate surface area is 105 Å². The summed E-state index contributed by atoms with van der Waals surface area (Å²) in [5.74, 6) is -1.12. The van der Waals surface area contributed by atoms with Gasteiger partial charge in [0, 0.05) is 6.20 Å². The molecule has 0 saturated carbocycles. The molecule has 1 heterocycles. The summed E-state index contributed by atoms with van der Waals surface area (Å²) in [6, 6.07) is 3.49. The van der Waals surface area contributed by atoms with Gasteiger partial charge in [0.25, 0.3) is 0 Å². The molecule has 0 aliphatic carbocycles. The Morgan fingerprint density at radius 1 is 1.61 bits per heavy atom. The lowest BCUT2D eigenvalue weighted by Gasteiger charge is -2.18.